The van der Waals surface area contributed by atoms with Crippen molar-refractivity contribution in [2.24, 2.45) is 0 Å². The van der Waals surface area contributed by atoms with E-state index in [4.69, 9.17) is 5.11 Å². The molecule has 0 radical (unpaired) electrons. The van der Waals surface area contributed by atoms with Gasteiger partial charge in [-0.15, -0.1) is 0 Å². The van der Waals surface area contributed by atoms with Gasteiger partial charge in [-0.3, -0.25) is 4.68 Å². The van der Waals surface area contributed by atoms with Gasteiger partial charge in [0.15, 0.2) is 0 Å². The molecule has 7 heteroatoms. The van der Waals surface area contributed by atoms with Crippen LogP contribution >= 0.6 is 0 Å². The first-order valence-corrected chi connectivity index (χ1v) is 6.86. The highest BCUT2D eigenvalue weighted by atomic mass is 19.3. The highest BCUT2D eigenvalue weighted by Crippen LogP contribution is 2.52. The first kappa shape index (κ1) is 14.5. The highest BCUT2D eigenvalue weighted by molar-refractivity contribution is 5.89. The largest absolute Gasteiger partial charge is 0.478 e. The van der Waals surface area contributed by atoms with Crippen molar-refractivity contribution < 1.29 is 18.7 Å². The van der Waals surface area contributed by atoms with E-state index in [9.17, 15) is 13.6 Å². The lowest BCUT2D eigenvalue weighted by Crippen LogP contribution is -2.06. The Hall–Kier alpha value is -2.44. The molecule has 1 unspecified atom stereocenters. The van der Waals surface area contributed by atoms with Crippen molar-refractivity contribution in [2.45, 2.75) is 31.9 Å². The number of alkyl halides is 2. The molecule has 2 N–H and O–H groups in total. The normalized spacial score (nSPS) is 19.0. The third kappa shape index (κ3) is 2.93. The molecule has 22 heavy (non-hydrogen) atoms. The van der Waals surface area contributed by atoms with E-state index in [2.05, 4.69) is 10.4 Å². The van der Waals surface area contributed by atoms with Gasteiger partial charge < -0.3 is 10.4 Å². The number of halogens is 2. The standard InChI is InChI=1S/C15H15F2N3O2/c1-9-4-10(14(21)22)6-12(5-9)18-8-11-2-3-20(19-11)13-7-15(13,16)17/h2-6,13,18H,7-8H2,1H3,(H,21,22). The number of benzene rings is 1. The fourth-order valence-electron chi connectivity index (χ4n) is 2.33. The van der Waals surface area contributed by atoms with Crippen molar-refractivity contribution in [3.8, 4) is 0 Å². The molecule has 1 aliphatic rings. The zero-order valence-corrected chi connectivity index (χ0v) is 11.9. The minimum Gasteiger partial charge on any atom is -0.478 e. The number of hydrogen-bond donors (Lipinski definition) is 2. The van der Waals surface area contributed by atoms with Crippen LogP contribution in [-0.4, -0.2) is 26.8 Å². The van der Waals surface area contributed by atoms with E-state index >= 15 is 0 Å². The van der Waals surface area contributed by atoms with E-state index < -0.39 is 17.9 Å². The molecule has 1 aliphatic carbocycles. The van der Waals surface area contributed by atoms with Crippen LogP contribution in [0.25, 0.3) is 0 Å². The van der Waals surface area contributed by atoms with Crippen molar-refractivity contribution in [2.75, 3.05) is 5.32 Å². The second-order valence-electron chi connectivity index (χ2n) is 5.51. The number of aryl methyl sites for hydroxylation is 1. The van der Waals surface area contributed by atoms with Gasteiger partial charge in [0.05, 0.1) is 17.8 Å². The predicted octanol–water partition coefficient (Wildman–Crippen LogP) is 3.08. The van der Waals surface area contributed by atoms with Crippen LogP contribution in [0, 0.1) is 6.92 Å². The van der Waals surface area contributed by atoms with Gasteiger partial charge in [-0.1, -0.05) is 0 Å². The molecule has 1 aromatic carbocycles. The van der Waals surface area contributed by atoms with Crippen molar-refractivity contribution in [1.29, 1.82) is 0 Å². The Morgan fingerprint density at radius 2 is 2.23 bits per heavy atom. The van der Waals surface area contributed by atoms with Crippen molar-refractivity contribution >= 4 is 11.7 Å². The monoisotopic (exact) mass is 307 g/mol. The van der Waals surface area contributed by atoms with Gasteiger partial charge in [-0.05, 0) is 36.8 Å². The number of nitrogens with zero attached hydrogens (tertiary/aromatic N) is 2. The molecule has 0 saturated heterocycles. The maximum Gasteiger partial charge on any atom is 0.335 e. The number of nitrogens with one attached hydrogen (secondary N) is 1. The van der Waals surface area contributed by atoms with Gasteiger partial charge in [0, 0.05) is 18.3 Å². The Balaban J connectivity index is 1.67. The summed E-state index contributed by atoms with van der Waals surface area (Å²) in [6, 6.07) is 5.77. The number of hydrogen-bond acceptors (Lipinski definition) is 3. The van der Waals surface area contributed by atoms with Crippen LogP contribution in [0.5, 0.6) is 0 Å². The van der Waals surface area contributed by atoms with Crippen molar-refractivity contribution in [3.63, 3.8) is 0 Å². The number of aromatic nitrogens is 2. The van der Waals surface area contributed by atoms with E-state index in [1.54, 1.807) is 18.3 Å². The van der Waals surface area contributed by atoms with Gasteiger partial charge in [0.2, 0.25) is 0 Å². The summed E-state index contributed by atoms with van der Waals surface area (Å²) in [6.45, 7) is 2.15. The molecule has 116 valence electrons. The van der Waals surface area contributed by atoms with E-state index in [-0.39, 0.29) is 12.0 Å². The Bertz CT molecular complexity index is 727. The fourth-order valence-corrected chi connectivity index (χ4v) is 2.33. The maximum atomic E-state index is 13.0. The van der Waals surface area contributed by atoms with Gasteiger partial charge in [0.25, 0.3) is 5.92 Å². The molecule has 1 aromatic heterocycles. The van der Waals surface area contributed by atoms with Crippen LogP contribution in [-0.2, 0) is 6.54 Å². The first-order chi connectivity index (χ1) is 10.3. The molecular formula is C15H15F2N3O2. The summed E-state index contributed by atoms with van der Waals surface area (Å²) in [5.74, 6) is -3.64. The van der Waals surface area contributed by atoms with Crippen LogP contribution in [0.3, 0.4) is 0 Å². The second kappa shape index (κ2) is 5.08. The summed E-state index contributed by atoms with van der Waals surface area (Å²) >= 11 is 0. The summed E-state index contributed by atoms with van der Waals surface area (Å²) < 4.78 is 27.2. The third-order valence-electron chi connectivity index (χ3n) is 3.57. The number of aromatic carboxylic acids is 1. The Morgan fingerprint density at radius 1 is 1.50 bits per heavy atom. The zero-order chi connectivity index (χ0) is 15.9. The van der Waals surface area contributed by atoms with Crippen LogP contribution in [0.4, 0.5) is 14.5 Å². The first-order valence-electron chi connectivity index (χ1n) is 6.86. The molecule has 0 aliphatic heterocycles. The topological polar surface area (TPSA) is 67.2 Å². The van der Waals surface area contributed by atoms with Gasteiger partial charge in [-0.2, -0.15) is 5.10 Å². The van der Waals surface area contributed by atoms with Crippen LogP contribution < -0.4 is 5.32 Å². The molecular weight excluding hydrogens is 292 g/mol. The lowest BCUT2D eigenvalue weighted by atomic mass is 10.1. The molecule has 1 atom stereocenters. The summed E-state index contributed by atoms with van der Waals surface area (Å²) in [5, 5.41) is 16.2. The number of carboxylic acid groups (broad SMARTS) is 1. The van der Waals surface area contributed by atoms with Crippen LogP contribution in [0.1, 0.15) is 34.1 Å². The van der Waals surface area contributed by atoms with E-state index in [1.807, 2.05) is 13.0 Å². The van der Waals surface area contributed by atoms with Crippen molar-refractivity contribution in [3.05, 3.63) is 47.3 Å². The molecule has 0 bridgehead atoms. The molecule has 3 rings (SSSR count). The molecule has 5 nitrogen and oxygen atoms in total. The average Bonchev–Trinajstić information content (AvgIpc) is 2.86. The third-order valence-corrected chi connectivity index (χ3v) is 3.57. The summed E-state index contributed by atoms with van der Waals surface area (Å²) in [5.41, 5.74) is 2.31. The Labute approximate surface area is 125 Å². The van der Waals surface area contributed by atoms with Gasteiger partial charge in [-0.25, -0.2) is 13.6 Å². The lowest BCUT2D eigenvalue weighted by Gasteiger charge is -2.07. The SMILES string of the molecule is Cc1cc(NCc2ccn(C3CC3(F)F)n2)cc(C(=O)O)c1. The molecule has 0 spiro atoms. The summed E-state index contributed by atoms with van der Waals surface area (Å²) in [6.07, 6.45) is 1.38. The van der Waals surface area contributed by atoms with Gasteiger partial charge in [0.1, 0.15) is 6.04 Å². The highest BCUT2D eigenvalue weighted by Gasteiger charge is 2.59. The summed E-state index contributed by atoms with van der Waals surface area (Å²) in [7, 11) is 0. The van der Waals surface area contributed by atoms with E-state index in [0.29, 0.717) is 17.9 Å². The van der Waals surface area contributed by atoms with Gasteiger partial charge >= 0.3 is 5.97 Å². The minimum atomic E-state index is -2.65. The zero-order valence-electron chi connectivity index (χ0n) is 11.9. The molecule has 2 aromatic rings. The lowest BCUT2D eigenvalue weighted by molar-refractivity contribution is 0.0696. The van der Waals surface area contributed by atoms with E-state index in [0.717, 1.165) is 5.56 Å². The Kier molecular flexibility index (Phi) is 3.35. The Morgan fingerprint density at radius 3 is 2.86 bits per heavy atom. The van der Waals surface area contributed by atoms with Crippen LogP contribution in [0.2, 0.25) is 0 Å². The minimum absolute atomic E-state index is 0.165. The van der Waals surface area contributed by atoms with Crippen LogP contribution in [0.15, 0.2) is 30.5 Å². The summed E-state index contributed by atoms with van der Waals surface area (Å²) in [4.78, 5) is 11.0. The molecule has 0 amide bonds. The van der Waals surface area contributed by atoms with E-state index in [1.165, 1.54) is 10.7 Å². The average molecular weight is 307 g/mol. The number of anilines is 1. The number of rotatable bonds is 5. The fraction of sp³-hybridized carbons (Fsp3) is 0.333. The molecule has 1 heterocycles. The quantitative estimate of drug-likeness (QED) is 0.891. The smallest absolute Gasteiger partial charge is 0.335 e. The number of carbonyl (C=O) groups is 1. The molecule has 1 saturated carbocycles. The number of carboxylic acids is 1. The second-order valence-corrected chi connectivity index (χ2v) is 5.51. The van der Waals surface area contributed by atoms with Crippen molar-refractivity contribution in [1.82, 2.24) is 9.78 Å². The molecule has 1 fully saturated rings. The predicted molar refractivity (Wildman–Crippen MR) is 76.3 cm³/mol. The maximum absolute atomic E-state index is 13.0.